The highest BCUT2D eigenvalue weighted by atomic mass is 16.5. The number of hydrogen-bond acceptors (Lipinski definition) is 4. The second-order valence-electron chi connectivity index (χ2n) is 3.96. The van der Waals surface area contributed by atoms with E-state index in [1.54, 1.807) is 24.3 Å². The Morgan fingerprint density at radius 3 is 2.76 bits per heavy atom. The van der Waals surface area contributed by atoms with Crippen molar-refractivity contribution in [1.82, 2.24) is 0 Å². The third-order valence-corrected chi connectivity index (χ3v) is 2.63. The van der Waals surface area contributed by atoms with Crippen molar-refractivity contribution in [2.75, 3.05) is 6.61 Å². The van der Waals surface area contributed by atoms with E-state index in [0.717, 1.165) is 12.8 Å². The molecule has 1 aromatic rings. The van der Waals surface area contributed by atoms with Crippen LogP contribution in [0.4, 0.5) is 0 Å². The molecule has 1 atom stereocenters. The van der Waals surface area contributed by atoms with E-state index in [0.29, 0.717) is 17.9 Å². The fourth-order valence-electron chi connectivity index (χ4n) is 1.87. The molecule has 0 bridgehead atoms. The molecule has 0 saturated carbocycles. The van der Waals surface area contributed by atoms with Gasteiger partial charge in [0.05, 0.1) is 5.56 Å². The van der Waals surface area contributed by atoms with Crippen molar-refractivity contribution in [3.05, 3.63) is 29.8 Å². The van der Waals surface area contributed by atoms with Gasteiger partial charge in [-0.3, -0.25) is 9.59 Å². The summed E-state index contributed by atoms with van der Waals surface area (Å²) >= 11 is 0. The van der Waals surface area contributed by atoms with Crippen molar-refractivity contribution in [3.63, 3.8) is 0 Å². The number of esters is 1. The van der Waals surface area contributed by atoms with Gasteiger partial charge in [-0.25, -0.2) is 0 Å². The molecule has 1 aliphatic heterocycles. The average molecular weight is 234 g/mol. The summed E-state index contributed by atoms with van der Waals surface area (Å²) in [5.74, 6) is -0.238. The largest absolute Gasteiger partial charge is 0.426 e. The first kappa shape index (κ1) is 11.8. The van der Waals surface area contributed by atoms with E-state index < -0.39 is 12.1 Å². The van der Waals surface area contributed by atoms with Gasteiger partial charge in [0, 0.05) is 13.5 Å². The second kappa shape index (κ2) is 5.10. The number of Topliss-reactive ketones (excluding diaryl/α,β-unsaturated/α-hetero) is 1. The van der Waals surface area contributed by atoms with Crippen molar-refractivity contribution in [3.8, 4) is 5.75 Å². The number of benzene rings is 1. The summed E-state index contributed by atoms with van der Waals surface area (Å²) in [6, 6.07) is 6.74. The van der Waals surface area contributed by atoms with E-state index in [1.807, 2.05) is 0 Å². The lowest BCUT2D eigenvalue weighted by Gasteiger charge is -2.11. The van der Waals surface area contributed by atoms with Crippen molar-refractivity contribution in [2.24, 2.45) is 0 Å². The molecule has 90 valence electrons. The predicted octanol–water partition coefficient (Wildman–Crippen LogP) is 1.97. The summed E-state index contributed by atoms with van der Waals surface area (Å²) in [6.45, 7) is 1.93. The monoisotopic (exact) mass is 234 g/mol. The first-order valence-corrected chi connectivity index (χ1v) is 5.62. The Morgan fingerprint density at radius 1 is 1.35 bits per heavy atom. The van der Waals surface area contributed by atoms with E-state index >= 15 is 0 Å². The van der Waals surface area contributed by atoms with E-state index in [-0.39, 0.29) is 5.78 Å². The molecule has 0 amide bonds. The lowest BCUT2D eigenvalue weighted by atomic mass is 10.0. The number of carbonyl (C=O) groups is 2. The number of carbonyl (C=O) groups excluding carboxylic acids is 2. The average Bonchev–Trinajstić information content (AvgIpc) is 2.81. The predicted molar refractivity (Wildman–Crippen MR) is 61.1 cm³/mol. The lowest BCUT2D eigenvalue weighted by Crippen LogP contribution is -2.20. The first-order chi connectivity index (χ1) is 8.18. The molecule has 1 heterocycles. The summed E-state index contributed by atoms with van der Waals surface area (Å²) in [5, 5.41) is 0. The second-order valence-corrected chi connectivity index (χ2v) is 3.96. The van der Waals surface area contributed by atoms with Crippen LogP contribution >= 0.6 is 0 Å². The number of para-hydroxylation sites is 1. The maximum absolute atomic E-state index is 12.1. The van der Waals surface area contributed by atoms with Crippen LogP contribution in [0.25, 0.3) is 0 Å². The minimum Gasteiger partial charge on any atom is -0.426 e. The number of ketones is 1. The molecule has 0 radical (unpaired) electrons. The molecule has 17 heavy (non-hydrogen) atoms. The van der Waals surface area contributed by atoms with Crippen LogP contribution in [0.2, 0.25) is 0 Å². The van der Waals surface area contributed by atoms with Crippen molar-refractivity contribution < 1.29 is 19.1 Å². The molecular formula is C13H14O4. The van der Waals surface area contributed by atoms with Crippen LogP contribution in [0.1, 0.15) is 30.1 Å². The molecule has 0 N–H and O–H groups in total. The number of ether oxygens (including phenoxy) is 2. The zero-order valence-corrected chi connectivity index (χ0v) is 9.64. The minimum atomic E-state index is -0.433. The summed E-state index contributed by atoms with van der Waals surface area (Å²) in [6.07, 6.45) is 1.23. The quantitative estimate of drug-likeness (QED) is 0.456. The van der Waals surface area contributed by atoms with Crippen LogP contribution in [-0.2, 0) is 9.53 Å². The van der Waals surface area contributed by atoms with Gasteiger partial charge in [-0.05, 0) is 25.0 Å². The Kier molecular flexibility index (Phi) is 3.54. The van der Waals surface area contributed by atoms with Gasteiger partial charge in [0.15, 0.2) is 5.78 Å². The topological polar surface area (TPSA) is 52.6 Å². The molecular weight excluding hydrogens is 220 g/mol. The fourth-order valence-corrected chi connectivity index (χ4v) is 1.87. The SMILES string of the molecule is CC(=O)Oc1ccccc1C(=O)C1CCCO1. The zero-order chi connectivity index (χ0) is 12.3. The number of rotatable bonds is 3. The van der Waals surface area contributed by atoms with Gasteiger partial charge >= 0.3 is 5.97 Å². The van der Waals surface area contributed by atoms with Crippen molar-refractivity contribution in [2.45, 2.75) is 25.9 Å². The third kappa shape index (κ3) is 2.71. The summed E-state index contributed by atoms with van der Waals surface area (Å²) < 4.78 is 10.3. The van der Waals surface area contributed by atoms with Crippen LogP contribution in [0.3, 0.4) is 0 Å². The van der Waals surface area contributed by atoms with E-state index in [2.05, 4.69) is 0 Å². The fraction of sp³-hybridized carbons (Fsp3) is 0.385. The molecule has 1 unspecified atom stereocenters. The van der Waals surface area contributed by atoms with Crippen LogP contribution in [-0.4, -0.2) is 24.5 Å². The van der Waals surface area contributed by atoms with Crippen LogP contribution < -0.4 is 4.74 Å². The molecule has 2 rings (SSSR count). The Morgan fingerprint density at radius 2 is 2.12 bits per heavy atom. The van der Waals surface area contributed by atoms with Crippen LogP contribution in [0.15, 0.2) is 24.3 Å². The summed E-state index contributed by atoms with van der Waals surface area (Å²) in [7, 11) is 0. The Bertz CT molecular complexity index is 433. The van der Waals surface area contributed by atoms with Gasteiger partial charge < -0.3 is 9.47 Å². The van der Waals surface area contributed by atoms with E-state index in [9.17, 15) is 9.59 Å². The van der Waals surface area contributed by atoms with E-state index in [4.69, 9.17) is 9.47 Å². The molecule has 0 spiro atoms. The Labute approximate surface area is 99.5 Å². The zero-order valence-electron chi connectivity index (χ0n) is 9.64. The molecule has 1 fully saturated rings. The van der Waals surface area contributed by atoms with Gasteiger partial charge in [-0.15, -0.1) is 0 Å². The Balaban J connectivity index is 2.24. The van der Waals surface area contributed by atoms with Gasteiger partial charge in [-0.2, -0.15) is 0 Å². The number of hydrogen-bond donors (Lipinski definition) is 0. The highest BCUT2D eigenvalue weighted by Gasteiger charge is 2.27. The molecule has 4 nitrogen and oxygen atoms in total. The molecule has 1 saturated heterocycles. The standard InChI is InChI=1S/C13H14O4/c1-9(14)17-11-6-3-2-5-10(11)13(15)12-7-4-8-16-12/h2-3,5-6,12H,4,7-8H2,1H3. The molecule has 4 heteroatoms. The maximum Gasteiger partial charge on any atom is 0.308 e. The molecule has 1 aliphatic rings. The Hall–Kier alpha value is -1.68. The molecule has 0 aliphatic carbocycles. The summed E-state index contributed by atoms with van der Waals surface area (Å²) in [4.78, 5) is 23.1. The maximum atomic E-state index is 12.1. The summed E-state index contributed by atoms with van der Waals surface area (Å²) in [5.41, 5.74) is 0.412. The van der Waals surface area contributed by atoms with Crippen LogP contribution in [0, 0.1) is 0 Å². The smallest absolute Gasteiger partial charge is 0.308 e. The minimum absolute atomic E-state index is 0.112. The van der Waals surface area contributed by atoms with E-state index in [1.165, 1.54) is 6.92 Å². The first-order valence-electron chi connectivity index (χ1n) is 5.62. The van der Waals surface area contributed by atoms with Crippen LogP contribution in [0.5, 0.6) is 5.75 Å². The lowest BCUT2D eigenvalue weighted by molar-refractivity contribution is -0.131. The molecule has 0 aromatic heterocycles. The van der Waals surface area contributed by atoms with Gasteiger partial charge in [-0.1, -0.05) is 12.1 Å². The highest BCUT2D eigenvalue weighted by molar-refractivity contribution is 6.02. The van der Waals surface area contributed by atoms with Gasteiger partial charge in [0.2, 0.25) is 0 Å². The highest BCUT2D eigenvalue weighted by Crippen LogP contribution is 2.24. The van der Waals surface area contributed by atoms with Gasteiger partial charge in [0.1, 0.15) is 11.9 Å². The normalized spacial score (nSPS) is 19.0. The van der Waals surface area contributed by atoms with Crippen molar-refractivity contribution in [1.29, 1.82) is 0 Å². The van der Waals surface area contributed by atoms with Gasteiger partial charge in [0.25, 0.3) is 0 Å². The third-order valence-electron chi connectivity index (χ3n) is 2.63. The molecule has 1 aromatic carbocycles. The van der Waals surface area contributed by atoms with Crippen molar-refractivity contribution >= 4 is 11.8 Å².